The molecule has 0 aromatic carbocycles. The maximum atomic E-state index is 11.1. The molecule has 1 fully saturated rings. The summed E-state index contributed by atoms with van der Waals surface area (Å²) in [7, 11) is -0.811. The average Bonchev–Trinajstić information content (AvgIpc) is 1.83. The number of carbonyl (C=O) groups is 1. The molecule has 3 heteroatoms. The summed E-state index contributed by atoms with van der Waals surface area (Å²) in [5, 5.41) is 0. The highest BCUT2D eigenvalue weighted by molar-refractivity contribution is 6.80. The molecule has 0 spiro atoms. The van der Waals surface area contributed by atoms with Crippen molar-refractivity contribution < 1.29 is 9.53 Å². The Morgan fingerprint density at radius 1 is 1.50 bits per heavy atom. The van der Waals surface area contributed by atoms with Crippen LogP contribution >= 0.6 is 0 Å². The van der Waals surface area contributed by atoms with Crippen LogP contribution in [0.2, 0.25) is 25.2 Å². The lowest BCUT2D eigenvalue weighted by Gasteiger charge is -2.40. The number of hydrogen-bond donors (Lipinski definition) is 0. The van der Waals surface area contributed by atoms with Gasteiger partial charge in [0.15, 0.2) is 0 Å². The Kier molecular flexibility index (Phi) is 2.93. The molecule has 0 atom stereocenters. The van der Waals surface area contributed by atoms with Crippen molar-refractivity contribution in [2.45, 2.75) is 38.5 Å². The lowest BCUT2D eigenvalue weighted by molar-refractivity contribution is -0.144. The number of rotatable bonds is 3. The summed E-state index contributed by atoms with van der Waals surface area (Å²) in [5.74, 6) is 0.637. The predicted octanol–water partition coefficient (Wildman–Crippen LogP) is 2.28. The first-order valence-electron chi connectivity index (χ1n) is 4.69. The van der Waals surface area contributed by atoms with Crippen LogP contribution in [0, 0.1) is 5.92 Å². The molecule has 0 aliphatic carbocycles. The van der Waals surface area contributed by atoms with E-state index in [9.17, 15) is 4.79 Å². The Hall–Kier alpha value is -0.313. The van der Waals surface area contributed by atoms with Crippen molar-refractivity contribution in [1.29, 1.82) is 0 Å². The summed E-state index contributed by atoms with van der Waals surface area (Å²) < 4.78 is 4.89. The van der Waals surface area contributed by atoms with E-state index in [1.165, 1.54) is 12.1 Å². The van der Waals surface area contributed by atoms with E-state index in [2.05, 4.69) is 13.1 Å². The number of carbonyl (C=O) groups excluding carboxylic acids is 1. The van der Waals surface area contributed by atoms with Crippen LogP contribution < -0.4 is 0 Å². The summed E-state index contributed by atoms with van der Waals surface area (Å²) in [5.41, 5.74) is 0. The van der Waals surface area contributed by atoms with Gasteiger partial charge in [0.25, 0.3) is 0 Å². The molecule has 1 aliphatic heterocycles. The topological polar surface area (TPSA) is 26.3 Å². The van der Waals surface area contributed by atoms with Crippen molar-refractivity contribution in [3.05, 3.63) is 0 Å². The van der Waals surface area contributed by atoms with Crippen LogP contribution in [0.1, 0.15) is 13.3 Å². The standard InChI is InChI=1S/C9H18O2Si/c1-4-11-9(10)5-8-6-12(2,3)7-8/h8H,4-7H2,1-3H3. The first-order chi connectivity index (χ1) is 5.53. The molecular weight excluding hydrogens is 168 g/mol. The lowest BCUT2D eigenvalue weighted by Crippen LogP contribution is -2.42. The predicted molar refractivity (Wildman–Crippen MR) is 51.8 cm³/mol. The molecule has 0 radical (unpaired) electrons. The van der Waals surface area contributed by atoms with Gasteiger partial charge < -0.3 is 4.74 Å². The molecule has 0 bridgehead atoms. The quantitative estimate of drug-likeness (QED) is 0.499. The van der Waals surface area contributed by atoms with Gasteiger partial charge in [0.2, 0.25) is 0 Å². The maximum absolute atomic E-state index is 11.1. The van der Waals surface area contributed by atoms with Crippen LogP contribution in [0.3, 0.4) is 0 Å². The Bertz CT molecular complexity index is 169. The van der Waals surface area contributed by atoms with Gasteiger partial charge in [-0.2, -0.15) is 0 Å². The Labute approximate surface area is 75.3 Å². The van der Waals surface area contributed by atoms with Gasteiger partial charge in [0, 0.05) is 14.5 Å². The van der Waals surface area contributed by atoms with Crippen molar-refractivity contribution in [2.75, 3.05) is 6.61 Å². The highest BCUT2D eigenvalue weighted by Gasteiger charge is 2.38. The van der Waals surface area contributed by atoms with Gasteiger partial charge in [0.1, 0.15) is 0 Å². The summed E-state index contributed by atoms with van der Waals surface area (Å²) in [6.07, 6.45) is 0.657. The minimum atomic E-state index is -0.811. The Balaban J connectivity index is 2.14. The minimum Gasteiger partial charge on any atom is -0.466 e. The number of ether oxygens (including phenoxy) is 1. The second kappa shape index (κ2) is 3.60. The monoisotopic (exact) mass is 186 g/mol. The molecule has 1 rings (SSSR count). The van der Waals surface area contributed by atoms with E-state index >= 15 is 0 Å². The van der Waals surface area contributed by atoms with E-state index in [0.717, 1.165) is 0 Å². The van der Waals surface area contributed by atoms with E-state index in [4.69, 9.17) is 4.74 Å². The average molecular weight is 186 g/mol. The molecular formula is C9H18O2Si. The van der Waals surface area contributed by atoms with Crippen LogP contribution in [0.4, 0.5) is 0 Å². The molecule has 12 heavy (non-hydrogen) atoms. The van der Waals surface area contributed by atoms with Gasteiger partial charge in [0.05, 0.1) is 6.61 Å². The third-order valence-corrected chi connectivity index (χ3v) is 5.81. The smallest absolute Gasteiger partial charge is 0.306 e. The summed E-state index contributed by atoms with van der Waals surface area (Å²) in [4.78, 5) is 11.1. The van der Waals surface area contributed by atoms with Gasteiger partial charge in [-0.3, -0.25) is 4.79 Å². The molecule has 0 aromatic heterocycles. The largest absolute Gasteiger partial charge is 0.466 e. The van der Waals surface area contributed by atoms with E-state index in [1.807, 2.05) is 6.92 Å². The first-order valence-corrected chi connectivity index (χ1v) is 8.10. The molecule has 0 saturated carbocycles. The molecule has 0 unspecified atom stereocenters. The zero-order chi connectivity index (χ0) is 9.19. The summed E-state index contributed by atoms with van der Waals surface area (Å²) in [6, 6.07) is 2.62. The van der Waals surface area contributed by atoms with Gasteiger partial charge in [-0.05, 0) is 12.8 Å². The Morgan fingerprint density at radius 3 is 2.50 bits per heavy atom. The third kappa shape index (κ3) is 2.63. The van der Waals surface area contributed by atoms with Gasteiger partial charge in [-0.25, -0.2) is 0 Å². The highest BCUT2D eigenvalue weighted by Crippen LogP contribution is 2.40. The summed E-state index contributed by atoms with van der Waals surface area (Å²) >= 11 is 0. The van der Waals surface area contributed by atoms with Crippen molar-refractivity contribution in [2.24, 2.45) is 5.92 Å². The van der Waals surface area contributed by atoms with Crippen LogP contribution in [0.5, 0.6) is 0 Å². The molecule has 70 valence electrons. The highest BCUT2D eigenvalue weighted by atomic mass is 28.3. The van der Waals surface area contributed by atoms with Crippen molar-refractivity contribution in [1.82, 2.24) is 0 Å². The second-order valence-electron chi connectivity index (χ2n) is 4.45. The fourth-order valence-corrected chi connectivity index (χ4v) is 5.40. The van der Waals surface area contributed by atoms with Gasteiger partial charge >= 0.3 is 5.97 Å². The third-order valence-electron chi connectivity index (χ3n) is 2.44. The van der Waals surface area contributed by atoms with Gasteiger partial charge in [-0.1, -0.05) is 25.2 Å². The van der Waals surface area contributed by atoms with E-state index in [1.54, 1.807) is 0 Å². The van der Waals surface area contributed by atoms with Crippen molar-refractivity contribution in [3.63, 3.8) is 0 Å². The number of esters is 1. The molecule has 1 aliphatic rings. The van der Waals surface area contributed by atoms with Crippen molar-refractivity contribution in [3.8, 4) is 0 Å². The SMILES string of the molecule is CCOC(=O)CC1C[Si](C)(C)C1. The maximum Gasteiger partial charge on any atom is 0.306 e. The van der Waals surface area contributed by atoms with Gasteiger partial charge in [-0.15, -0.1) is 0 Å². The van der Waals surface area contributed by atoms with Crippen molar-refractivity contribution >= 4 is 14.0 Å². The zero-order valence-electron chi connectivity index (χ0n) is 8.22. The van der Waals surface area contributed by atoms with E-state index in [0.29, 0.717) is 18.9 Å². The van der Waals surface area contributed by atoms with Crippen LogP contribution in [0.25, 0.3) is 0 Å². The molecule has 0 amide bonds. The van der Waals surface area contributed by atoms with Crippen LogP contribution in [0.15, 0.2) is 0 Å². The lowest BCUT2D eigenvalue weighted by atomic mass is 10.1. The fraction of sp³-hybridized carbons (Fsp3) is 0.889. The van der Waals surface area contributed by atoms with E-state index in [-0.39, 0.29) is 5.97 Å². The van der Waals surface area contributed by atoms with Crippen LogP contribution in [-0.2, 0) is 9.53 Å². The first kappa shape index (κ1) is 9.77. The molecule has 2 nitrogen and oxygen atoms in total. The molecule has 0 N–H and O–H groups in total. The molecule has 0 aromatic rings. The second-order valence-corrected chi connectivity index (χ2v) is 9.59. The Morgan fingerprint density at radius 2 is 2.08 bits per heavy atom. The summed E-state index contributed by atoms with van der Waals surface area (Å²) in [6.45, 7) is 7.15. The van der Waals surface area contributed by atoms with Crippen LogP contribution in [-0.4, -0.2) is 20.7 Å². The molecule has 1 saturated heterocycles. The number of hydrogen-bond acceptors (Lipinski definition) is 2. The normalized spacial score (nSPS) is 21.6. The molecule has 1 heterocycles. The minimum absolute atomic E-state index is 0.00741. The zero-order valence-corrected chi connectivity index (χ0v) is 9.22. The fourth-order valence-electron chi connectivity index (χ4n) is 2.10. The van der Waals surface area contributed by atoms with E-state index < -0.39 is 8.07 Å².